The summed E-state index contributed by atoms with van der Waals surface area (Å²) in [5.74, 6) is 1.16. The summed E-state index contributed by atoms with van der Waals surface area (Å²) in [5.41, 5.74) is 1.10. The molecule has 0 aliphatic rings. The zero-order chi connectivity index (χ0) is 23.3. The molecule has 7 heteroatoms. The van der Waals surface area contributed by atoms with Crippen LogP contribution < -0.4 is 19.5 Å². The minimum absolute atomic E-state index is 0.164. The molecule has 32 heavy (non-hydrogen) atoms. The third-order valence-electron chi connectivity index (χ3n) is 5.17. The number of hydrogen-bond acceptors (Lipinski definition) is 5. The fourth-order valence-electron chi connectivity index (χ4n) is 3.20. The molecule has 2 amide bonds. The second-order valence-electron chi connectivity index (χ2n) is 7.48. The first-order valence-corrected chi connectivity index (χ1v) is 11.0. The van der Waals surface area contributed by atoms with E-state index in [0.717, 1.165) is 18.4 Å². The number of hydrogen-bond donors (Lipinski definition) is 1. The smallest absolute Gasteiger partial charge is 0.261 e. The van der Waals surface area contributed by atoms with Gasteiger partial charge < -0.3 is 24.4 Å². The second-order valence-corrected chi connectivity index (χ2v) is 7.48. The zero-order valence-corrected chi connectivity index (χ0v) is 19.4. The van der Waals surface area contributed by atoms with Crippen molar-refractivity contribution >= 4 is 11.8 Å². The van der Waals surface area contributed by atoms with Crippen LogP contribution in [0, 0.1) is 0 Å². The van der Waals surface area contributed by atoms with E-state index in [9.17, 15) is 9.59 Å². The number of ether oxygens (including phenoxy) is 3. The van der Waals surface area contributed by atoms with Crippen molar-refractivity contribution in [3.63, 3.8) is 0 Å². The van der Waals surface area contributed by atoms with Crippen LogP contribution >= 0.6 is 0 Å². The van der Waals surface area contributed by atoms with E-state index in [2.05, 4.69) is 12.2 Å². The van der Waals surface area contributed by atoms with Crippen molar-refractivity contribution in [1.29, 1.82) is 0 Å². The number of carbonyl (C=O) groups excluding carboxylic acids is 2. The number of carbonyl (C=O) groups is 2. The van der Waals surface area contributed by atoms with Crippen LogP contribution in [0.2, 0.25) is 0 Å². The summed E-state index contributed by atoms with van der Waals surface area (Å²) in [6.07, 6.45) is 2.53. The first-order chi connectivity index (χ1) is 15.5. The molecule has 1 N–H and O–H groups in total. The number of rotatable bonds is 13. The molecule has 0 bridgehead atoms. The molecule has 2 aromatic carbocycles. The van der Waals surface area contributed by atoms with Crippen LogP contribution in [0.4, 0.5) is 0 Å². The fraction of sp³-hybridized carbons (Fsp3) is 0.440. The number of nitrogens with one attached hydrogen (secondary N) is 1. The van der Waals surface area contributed by atoms with Crippen molar-refractivity contribution in [2.24, 2.45) is 0 Å². The van der Waals surface area contributed by atoms with Gasteiger partial charge >= 0.3 is 0 Å². The molecule has 0 radical (unpaired) electrons. The Kier molecular flexibility index (Phi) is 10.4. The Labute approximate surface area is 190 Å². The van der Waals surface area contributed by atoms with E-state index in [0.29, 0.717) is 36.8 Å². The maximum Gasteiger partial charge on any atom is 0.261 e. The average Bonchev–Trinajstić information content (AvgIpc) is 2.83. The Bertz CT molecular complexity index is 834. The van der Waals surface area contributed by atoms with Gasteiger partial charge in [-0.1, -0.05) is 43.7 Å². The maximum absolute atomic E-state index is 13.1. The van der Waals surface area contributed by atoms with Gasteiger partial charge in [0.25, 0.3) is 5.91 Å². The molecule has 0 saturated heterocycles. The molecular formula is C25H34N2O5. The Hall–Kier alpha value is -3.22. The van der Waals surface area contributed by atoms with Gasteiger partial charge in [-0.3, -0.25) is 9.59 Å². The van der Waals surface area contributed by atoms with Crippen LogP contribution in [0.15, 0.2) is 48.5 Å². The molecule has 0 heterocycles. The van der Waals surface area contributed by atoms with Gasteiger partial charge in [-0.25, -0.2) is 0 Å². The van der Waals surface area contributed by atoms with Gasteiger partial charge in [0.2, 0.25) is 5.91 Å². The molecule has 2 aromatic rings. The van der Waals surface area contributed by atoms with Crippen molar-refractivity contribution in [3.05, 3.63) is 54.1 Å². The van der Waals surface area contributed by atoms with Gasteiger partial charge in [0.05, 0.1) is 14.2 Å². The summed E-state index contributed by atoms with van der Waals surface area (Å²) in [7, 11) is 3.10. The highest BCUT2D eigenvalue weighted by atomic mass is 16.5. The van der Waals surface area contributed by atoms with Gasteiger partial charge in [0, 0.05) is 31.3 Å². The van der Waals surface area contributed by atoms with Gasteiger partial charge in [0.1, 0.15) is 23.3 Å². The topological polar surface area (TPSA) is 77.1 Å². The minimum atomic E-state index is -0.605. The lowest BCUT2D eigenvalue weighted by Crippen LogP contribution is -2.50. The van der Waals surface area contributed by atoms with Crippen molar-refractivity contribution in [2.75, 3.05) is 33.9 Å². The van der Waals surface area contributed by atoms with Crippen molar-refractivity contribution < 1.29 is 23.8 Å². The molecule has 0 saturated carbocycles. The Morgan fingerprint density at radius 3 is 2.22 bits per heavy atom. The molecule has 2 rings (SSSR count). The summed E-state index contributed by atoms with van der Waals surface area (Å²) in [4.78, 5) is 27.3. The number of nitrogens with zero attached hydrogens (tertiary/aromatic N) is 1. The van der Waals surface area contributed by atoms with E-state index in [1.807, 2.05) is 30.3 Å². The van der Waals surface area contributed by atoms with E-state index in [4.69, 9.17) is 14.2 Å². The van der Waals surface area contributed by atoms with Crippen LogP contribution in [-0.2, 0) is 16.0 Å². The SMILES string of the molecule is CCCCNC(=O)[C@H](C)N(CCc1ccccc1)C(=O)COc1cc(OC)cc(OC)c1. The maximum atomic E-state index is 13.1. The van der Waals surface area contributed by atoms with Crippen LogP contribution in [0.5, 0.6) is 17.2 Å². The highest BCUT2D eigenvalue weighted by Crippen LogP contribution is 2.27. The number of amides is 2. The molecule has 0 fully saturated rings. The zero-order valence-electron chi connectivity index (χ0n) is 19.4. The van der Waals surface area contributed by atoms with E-state index < -0.39 is 6.04 Å². The van der Waals surface area contributed by atoms with Crippen LogP contribution in [-0.4, -0.2) is 56.7 Å². The number of unbranched alkanes of at least 4 members (excludes halogenated alkanes) is 1. The lowest BCUT2D eigenvalue weighted by molar-refractivity contribution is -0.141. The summed E-state index contributed by atoms with van der Waals surface area (Å²) in [5, 5.41) is 2.91. The predicted molar refractivity (Wildman–Crippen MR) is 124 cm³/mol. The monoisotopic (exact) mass is 442 g/mol. The van der Waals surface area contributed by atoms with Crippen LogP contribution in [0.25, 0.3) is 0 Å². The molecule has 0 aliphatic carbocycles. The molecule has 0 aromatic heterocycles. The average molecular weight is 443 g/mol. The summed E-state index contributed by atoms with van der Waals surface area (Å²) in [6.45, 7) is 4.63. The molecule has 174 valence electrons. The summed E-state index contributed by atoms with van der Waals surface area (Å²) >= 11 is 0. The van der Waals surface area contributed by atoms with Gasteiger partial charge in [0.15, 0.2) is 6.61 Å². The van der Waals surface area contributed by atoms with Crippen molar-refractivity contribution in [1.82, 2.24) is 10.2 Å². The second kappa shape index (κ2) is 13.2. The number of benzene rings is 2. The normalized spacial score (nSPS) is 11.4. The molecular weight excluding hydrogens is 408 g/mol. The molecule has 0 unspecified atom stereocenters. The largest absolute Gasteiger partial charge is 0.496 e. The first kappa shape index (κ1) is 25.0. The molecule has 0 spiro atoms. The highest BCUT2D eigenvalue weighted by Gasteiger charge is 2.26. The van der Waals surface area contributed by atoms with E-state index >= 15 is 0 Å². The third-order valence-corrected chi connectivity index (χ3v) is 5.17. The molecule has 7 nitrogen and oxygen atoms in total. The lowest BCUT2D eigenvalue weighted by atomic mass is 10.1. The van der Waals surface area contributed by atoms with Gasteiger partial charge in [-0.05, 0) is 25.3 Å². The number of methoxy groups -OCH3 is 2. The van der Waals surface area contributed by atoms with E-state index in [1.165, 1.54) is 0 Å². The standard InChI is InChI=1S/C25H34N2O5/c1-5-6-13-26-25(29)19(2)27(14-12-20-10-8-7-9-11-20)24(28)18-32-23-16-21(30-3)15-22(17-23)31-4/h7-11,15-17,19H,5-6,12-14,18H2,1-4H3,(H,26,29)/t19-/m0/s1. The summed E-state index contributed by atoms with van der Waals surface area (Å²) in [6, 6.07) is 14.4. The summed E-state index contributed by atoms with van der Waals surface area (Å²) < 4.78 is 16.2. The van der Waals surface area contributed by atoms with Crippen molar-refractivity contribution in [2.45, 2.75) is 39.2 Å². The predicted octanol–water partition coefficient (Wildman–Crippen LogP) is 3.46. The van der Waals surface area contributed by atoms with E-state index in [1.54, 1.807) is 44.2 Å². The quantitative estimate of drug-likeness (QED) is 0.481. The van der Waals surface area contributed by atoms with E-state index in [-0.39, 0.29) is 18.4 Å². The third kappa shape index (κ3) is 7.80. The first-order valence-electron chi connectivity index (χ1n) is 11.0. The molecule has 0 aliphatic heterocycles. The minimum Gasteiger partial charge on any atom is -0.496 e. The van der Waals surface area contributed by atoms with Crippen LogP contribution in [0.3, 0.4) is 0 Å². The fourth-order valence-corrected chi connectivity index (χ4v) is 3.20. The van der Waals surface area contributed by atoms with Gasteiger partial charge in [-0.15, -0.1) is 0 Å². The Balaban J connectivity index is 2.09. The Morgan fingerprint density at radius 2 is 1.62 bits per heavy atom. The Morgan fingerprint density at radius 1 is 1.00 bits per heavy atom. The van der Waals surface area contributed by atoms with Crippen LogP contribution in [0.1, 0.15) is 32.3 Å². The van der Waals surface area contributed by atoms with Gasteiger partial charge in [-0.2, -0.15) is 0 Å². The van der Waals surface area contributed by atoms with Crippen molar-refractivity contribution in [3.8, 4) is 17.2 Å². The highest BCUT2D eigenvalue weighted by molar-refractivity contribution is 5.88. The molecule has 1 atom stereocenters. The lowest BCUT2D eigenvalue weighted by Gasteiger charge is -2.28.